The first-order valence-corrected chi connectivity index (χ1v) is 10.3. The summed E-state index contributed by atoms with van der Waals surface area (Å²) in [5, 5.41) is 0. The zero-order valence-corrected chi connectivity index (χ0v) is 15.7. The van der Waals surface area contributed by atoms with Gasteiger partial charge >= 0.3 is 0 Å². The molecule has 0 aliphatic carbocycles. The first kappa shape index (κ1) is 17.9. The van der Waals surface area contributed by atoms with Crippen molar-refractivity contribution in [3.05, 3.63) is 35.4 Å². The van der Waals surface area contributed by atoms with Gasteiger partial charge in [-0.2, -0.15) is 0 Å². The highest BCUT2D eigenvalue weighted by Gasteiger charge is 2.49. The summed E-state index contributed by atoms with van der Waals surface area (Å²) in [6, 6.07) is 8.23. The number of sulfone groups is 1. The third-order valence-corrected chi connectivity index (χ3v) is 6.96. The Hall–Kier alpha value is -0.950. The summed E-state index contributed by atoms with van der Waals surface area (Å²) < 4.78 is 35.1. The van der Waals surface area contributed by atoms with Crippen LogP contribution in [0, 0.1) is 0 Å². The Labute approximate surface area is 144 Å². The van der Waals surface area contributed by atoms with E-state index in [0.29, 0.717) is 13.1 Å². The predicted octanol–water partition coefficient (Wildman–Crippen LogP) is 2.52. The molecule has 0 saturated carbocycles. The molecule has 2 aliphatic heterocycles. The van der Waals surface area contributed by atoms with E-state index >= 15 is 0 Å². The van der Waals surface area contributed by atoms with Crippen LogP contribution in [-0.4, -0.2) is 49.1 Å². The molecule has 0 radical (unpaired) electrons. The van der Waals surface area contributed by atoms with E-state index in [-0.39, 0.29) is 29.0 Å². The molecule has 0 atom stereocenters. The van der Waals surface area contributed by atoms with Gasteiger partial charge in [-0.1, -0.05) is 24.3 Å². The largest absolute Gasteiger partial charge is 0.339 e. The third-order valence-electron chi connectivity index (χ3n) is 5.35. The quantitative estimate of drug-likeness (QED) is 0.836. The van der Waals surface area contributed by atoms with Gasteiger partial charge in [-0.25, -0.2) is 8.42 Å². The van der Waals surface area contributed by atoms with Gasteiger partial charge < -0.3 is 9.47 Å². The maximum atomic E-state index is 11.5. The van der Waals surface area contributed by atoms with Gasteiger partial charge in [0.25, 0.3) is 0 Å². The zero-order valence-electron chi connectivity index (χ0n) is 14.9. The molecular weight excluding hydrogens is 326 g/mol. The summed E-state index contributed by atoms with van der Waals surface area (Å²) in [5.41, 5.74) is 1.51. The SMILES string of the molecule is CC1(C)OC(c2ccc(CN3CCS(=O)(=O)CC3)cc2)OC1(C)C. The Morgan fingerprint density at radius 3 is 2.00 bits per heavy atom. The standard InChI is InChI=1S/C18H27NO4S/c1-17(2)18(3,4)23-16(22-17)15-7-5-14(6-8-15)13-19-9-11-24(20,21)12-10-19/h5-8,16H,9-13H2,1-4H3. The van der Waals surface area contributed by atoms with Gasteiger partial charge in [0.05, 0.1) is 22.7 Å². The molecule has 6 heteroatoms. The fourth-order valence-electron chi connectivity index (χ4n) is 2.93. The third kappa shape index (κ3) is 3.67. The molecule has 0 amide bonds. The van der Waals surface area contributed by atoms with Crippen LogP contribution in [-0.2, 0) is 25.9 Å². The molecule has 2 saturated heterocycles. The van der Waals surface area contributed by atoms with Gasteiger partial charge in [0.15, 0.2) is 16.1 Å². The van der Waals surface area contributed by atoms with E-state index in [1.165, 1.54) is 5.56 Å². The Kier molecular flexibility index (Phi) is 4.53. The monoisotopic (exact) mass is 353 g/mol. The van der Waals surface area contributed by atoms with E-state index in [9.17, 15) is 8.42 Å². The van der Waals surface area contributed by atoms with E-state index < -0.39 is 9.84 Å². The highest BCUT2D eigenvalue weighted by molar-refractivity contribution is 7.91. The van der Waals surface area contributed by atoms with Crippen molar-refractivity contribution in [2.75, 3.05) is 24.6 Å². The lowest BCUT2D eigenvalue weighted by Crippen LogP contribution is -2.41. The molecule has 1 aromatic rings. The van der Waals surface area contributed by atoms with E-state index in [0.717, 1.165) is 12.1 Å². The van der Waals surface area contributed by atoms with Crippen molar-refractivity contribution in [2.24, 2.45) is 0 Å². The highest BCUT2D eigenvalue weighted by atomic mass is 32.2. The molecule has 0 spiro atoms. The Bertz CT molecular complexity index is 664. The summed E-state index contributed by atoms with van der Waals surface area (Å²) in [6.45, 7) is 10.2. The van der Waals surface area contributed by atoms with Gasteiger partial charge in [-0.3, -0.25) is 4.90 Å². The average molecular weight is 353 g/mol. The van der Waals surface area contributed by atoms with Crippen molar-refractivity contribution in [1.82, 2.24) is 4.90 Å². The lowest BCUT2D eigenvalue weighted by atomic mass is 9.90. The van der Waals surface area contributed by atoms with Crippen molar-refractivity contribution < 1.29 is 17.9 Å². The summed E-state index contributed by atoms with van der Waals surface area (Å²) in [6.07, 6.45) is -0.343. The molecule has 0 N–H and O–H groups in total. The maximum absolute atomic E-state index is 11.5. The molecule has 0 aromatic heterocycles. The van der Waals surface area contributed by atoms with E-state index in [2.05, 4.69) is 17.0 Å². The van der Waals surface area contributed by atoms with Gasteiger partial charge in [0, 0.05) is 25.2 Å². The van der Waals surface area contributed by atoms with Crippen LogP contribution in [0.1, 0.15) is 45.1 Å². The molecule has 2 aliphatic rings. The van der Waals surface area contributed by atoms with Crippen molar-refractivity contribution >= 4 is 9.84 Å². The molecule has 3 rings (SSSR count). The van der Waals surface area contributed by atoms with Crippen LogP contribution in [0.5, 0.6) is 0 Å². The van der Waals surface area contributed by atoms with Crippen LogP contribution < -0.4 is 0 Å². The molecule has 0 unspecified atom stereocenters. The Balaban J connectivity index is 1.62. The van der Waals surface area contributed by atoms with E-state index in [4.69, 9.17) is 9.47 Å². The number of hydrogen-bond acceptors (Lipinski definition) is 5. The van der Waals surface area contributed by atoms with Crippen LogP contribution in [0.25, 0.3) is 0 Å². The lowest BCUT2D eigenvalue weighted by Gasteiger charge is -2.30. The highest BCUT2D eigenvalue weighted by Crippen LogP contribution is 2.44. The normalized spacial score (nSPS) is 26.5. The molecule has 0 bridgehead atoms. The van der Waals surface area contributed by atoms with Crippen molar-refractivity contribution in [3.63, 3.8) is 0 Å². The van der Waals surface area contributed by atoms with Crippen LogP contribution in [0.3, 0.4) is 0 Å². The molecule has 5 nitrogen and oxygen atoms in total. The molecule has 24 heavy (non-hydrogen) atoms. The van der Waals surface area contributed by atoms with Gasteiger partial charge in [-0.05, 0) is 33.3 Å². The summed E-state index contributed by atoms with van der Waals surface area (Å²) in [7, 11) is -2.82. The summed E-state index contributed by atoms with van der Waals surface area (Å²) in [4.78, 5) is 2.19. The number of nitrogens with zero attached hydrogens (tertiary/aromatic N) is 1. The van der Waals surface area contributed by atoms with Crippen LogP contribution >= 0.6 is 0 Å². The van der Waals surface area contributed by atoms with Crippen molar-refractivity contribution in [2.45, 2.75) is 51.7 Å². The number of rotatable bonds is 3. The van der Waals surface area contributed by atoms with Gasteiger partial charge in [0.1, 0.15) is 0 Å². The van der Waals surface area contributed by atoms with Crippen LogP contribution in [0.4, 0.5) is 0 Å². The molecule has 1 aromatic carbocycles. The van der Waals surface area contributed by atoms with E-state index in [1.807, 2.05) is 39.8 Å². The van der Waals surface area contributed by atoms with Gasteiger partial charge in [-0.15, -0.1) is 0 Å². The summed E-state index contributed by atoms with van der Waals surface area (Å²) in [5.74, 6) is 0.526. The molecule has 134 valence electrons. The number of benzene rings is 1. The fraction of sp³-hybridized carbons (Fsp3) is 0.667. The molecular formula is C18H27NO4S. The van der Waals surface area contributed by atoms with Crippen molar-refractivity contribution in [1.29, 1.82) is 0 Å². The topological polar surface area (TPSA) is 55.8 Å². The first-order valence-electron chi connectivity index (χ1n) is 8.45. The second-order valence-corrected chi connectivity index (χ2v) is 10.1. The van der Waals surface area contributed by atoms with Crippen molar-refractivity contribution in [3.8, 4) is 0 Å². The molecule has 2 fully saturated rings. The smallest absolute Gasteiger partial charge is 0.185 e. The maximum Gasteiger partial charge on any atom is 0.185 e. The van der Waals surface area contributed by atoms with Gasteiger partial charge in [0.2, 0.25) is 0 Å². The lowest BCUT2D eigenvalue weighted by molar-refractivity contribution is -0.0895. The van der Waals surface area contributed by atoms with Crippen LogP contribution in [0.2, 0.25) is 0 Å². The minimum atomic E-state index is -2.82. The second kappa shape index (κ2) is 6.09. The average Bonchev–Trinajstić information content (AvgIpc) is 2.70. The van der Waals surface area contributed by atoms with Crippen LogP contribution in [0.15, 0.2) is 24.3 Å². The second-order valence-electron chi connectivity index (χ2n) is 7.76. The minimum absolute atomic E-state index is 0.263. The Morgan fingerprint density at radius 2 is 1.50 bits per heavy atom. The van der Waals surface area contributed by atoms with E-state index in [1.54, 1.807) is 0 Å². The summed E-state index contributed by atoms with van der Waals surface area (Å²) >= 11 is 0. The number of hydrogen-bond donors (Lipinski definition) is 0. The number of ether oxygens (including phenoxy) is 2. The Morgan fingerprint density at radius 1 is 1.00 bits per heavy atom. The first-order chi connectivity index (χ1) is 11.1. The molecule has 2 heterocycles. The zero-order chi connectivity index (χ0) is 17.6. The predicted molar refractivity (Wildman–Crippen MR) is 93.4 cm³/mol. The fourth-order valence-corrected chi connectivity index (χ4v) is 4.20. The minimum Gasteiger partial charge on any atom is -0.339 e.